The molecule has 0 amide bonds. The monoisotopic (exact) mass is 349 g/mol. The van der Waals surface area contributed by atoms with Gasteiger partial charge in [-0.3, -0.25) is 9.83 Å². The number of benzene rings is 1. The molecule has 130 valence electrons. The minimum absolute atomic E-state index is 0.172. The number of nitrogens with zero attached hydrogens (tertiary/aromatic N) is 4. The van der Waals surface area contributed by atoms with Crippen molar-refractivity contribution in [1.82, 2.24) is 15.4 Å². The van der Waals surface area contributed by atoms with Crippen molar-refractivity contribution in [2.45, 2.75) is 0 Å². The minimum atomic E-state index is -1.31. The zero-order chi connectivity index (χ0) is 17.6. The summed E-state index contributed by atoms with van der Waals surface area (Å²) >= 11 is 0. The van der Waals surface area contributed by atoms with Crippen LogP contribution in [0.1, 0.15) is 5.56 Å². The Labute approximate surface area is 141 Å². The Morgan fingerprint density at radius 1 is 1.28 bits per heavy atom. The maximum absolute atomic E-state index is 13.8. The van der Waals surface area contributed by atoms with Crippen LogP contribution in [0.25, 0.3) is 0 Å². The number of hydrogen-bond donors (Lipinski definition) is 1. The van der Waals surface area contributed by atoms with E-state index in [1.165, 1.54) is 7.11 Å². The van der Waals surface area contributed by atoms with Gasteiger partial charge in [-0.15, -0.1) is 0 Å². The zero-order valence-electron chi connectivity index (χ0n) is 13.1. The Bertz CT molecular complexity index is 829. The summed E-state index contributed by atoms with van der Waals surface area (Å²) < 4.78 is 32.5. The first-order chi connectivity index (χ1) is 12.2. The molecule has 0 radical (unpaired) electrons. The smallest absolute Gasteiger partial charge is 0.262 e. The molecule has 10 heteroatoms. The maximum Gasteiger partial charge on any atom is 0.262 e. The Balaban J connectivity index is 2.01. The van der Waals surface area contributed by atoms with Gasteiger partial charge in [0, 0.05) is 0 Å². The molecular weight excluding hydrogens is 336 g/mol. The van der Waals surface area contributed by atoms with Crippen molar-refractivity contribution in [3.8, 4) is 11.6 Å². The lowest BCUT2D eigenvalue weighted by Gasteiger charge is -2.17. The molecule has 1 N–H and O–H groups in total. The molecular formula is C15H13F2N5O3. The van der Waals surface area contributed by atoms with Gasteiger partial charge in [-0.25, -0.2) is 10.5 Å². The molecule has 0 aliphatic carbocycles. The highest BCUT2D eigenvalue weighted by Crippen LogP contribution is 2.27. The maximum atomic E-state index is 13.8. The summed E-state index contributed by atoms with van der Waals surface area (Å²) in [7, 11) is 1.37. The van der Waals surface area contributed by atoms with Gasteiger partial charge in [-0.1, -0.05) is 17.3 Å². The van der Waals surface area contributed by atoms with Crippen LogP contribution in [0, 0.1) is 11.8 Å². The van der Waals surface area contributed by atoms with Gasteiger partial charge in [0.2, 0.25) is 5.82 Å². The SMILES string of the molecule is CO/N=C(/C1=NCCON1)c1ccccc1Oc1ncnc(F)c1F. The number of rotatable bonds is 5. The quantitative estimate of drug-likeness (QED) is 0.503. The third-order valence-electron chi connectivity index (χ3n) is 3.10. The number of halogens is 2. The Hall–Kier alpha value is -3.14. The fraction of sp³-hybridized carbons (Fsp3) is 0.200. The van der Waals surface area contributed by atoms with E-state index in [9.17, 15) is 8.78 Å². The van der Waals surface area contributed by atoms with Crippen LogP contribution in [0.4, 0.5) is 8.78 Å². The topological polar surface area (TPSA) is 90.2 Å². The predicted octanol–water partition coefficient (Wildman–Crippen LogP) is 1.83. The Morgan fingerprint density at radius 3 is 2.88 bits per heavy atom. The number of nitrogens with one attached hydrogen (secondary N) is 1. The lowest BCUT2D eigenvalue weighted by molar-refractivity contribution is 0.0836. The standard InChI is InChI=1S/C15H13F2N5O3/c1-23-21-12(14-18-6-7-24-22-14)9-4-2-3-5-10(9)25-15-11(16)13(17)19-8-20-15/h2-5,8H,6-7H2,1H3,(H,18,22)/b21-12+. The Morgan fingerprint density at radius 2 is 2.12 bits per heavy atom. The number of aliphatic imine (C=N–C) groups is 1. The first-order valence-corrected chi connectivity index (χ1v) is 7.17. The number of hydroxylamine groups is 1. The second kappa shape index (κ2) is 7.62. The number of amidine groups is 1. The summed E-state index contributed by atoms with van der Waals surface area (Å²) in [5.41, 5.74) is 3.33. The van der Waals surface area contributed by atoms with E-state index in [0.29, 0.717) is 24.6 Å². The predicted molar refractivity (Wildman–Crippen MR) is 83.4 cm³/mol. The van der Waals surface area contributed by atoms with Crippen molar-refractivity contribution in [3.05, 3.63) is 47.9 Å². The van der Waals surface area contributed by atoms with Crippen molar-refractivity contribution >= 4 is 11.5 Å². The molecule has 0 bridgehead atoms. The summed E-state index contributed by atoms with van der Waals surface area (Å²) in [5, 5.41) is 3.92. The first kappa shape index (κ1) is 16.7. The molecule has 8 nitrogen and oxygen atoms in total. The molecule has 1 aliphatic heterocycles. The molecule has 0 spiro atoms. The van der Waals surface area contributed by atoms with E-state index in [-0.39, 0.29) is 11.5 Å². The average Bonchev–Trinajstić information content (AvgIpc) is 2.65. The van der Waals surface area contributed by atoms with E-state index in [2.05, 4.69) is 25.6 Å². The van der Waals surface area contributed by atoms with Crippen LogP contribution in [0.5, 0.6) is 11.6 Å². The van der Waals surface area contributed by atoms with Crippen LogP contribution >= 0.6 is 0 Å². The van der Waals surface area contributed by atoms with E-state index in [0.717, 1.165) is 6.33 Å². The summed E-state index contributed by atoms with van der Waals surface area (Å²) in [6, 6.07) is 6.57. The van der Waals surface area contributed by atoms with E-state index >= 15 is 0 Å². The third kappa shape index (κ3) is 3.69. The van der Waals surface area contributed by atoms with Gasteiger partial charge in [0.05, 0.1) is 18.7 Å². The molecule has 0 atom stereocenters. The number of aromatic nitrogens is 2. The number of oxime groups is 1. The van der Waals surface area contributed by atoms with Gasteiger partial charge < -0.3 is 9.57 Å². The molecule has 3 rings (SSSR count). The molecule has 0 saturated heterocycles. The van der Waals surface area contributed by atoms with Crippen molar-refractivity contribution in [3.63, 3.8) is 0 Å². The summed E-state index contributed by atoms with van der Waals surface area (Å²) in [4.78, 5) is 21.0. The average molecular weight is 349 g/mol. The molecule has 1 aromatic carbocycles. The van der Waals surface area contributed by atoms with E-state index in [4.69, 9.17) is 14.4 Å². The first-order valence-electron chi connectivity index (χ1n) is 7.17. The van der Waals surface area contributed by atoms with Crippen LogP contribution in [0.3, 0.4) is 0 Å². The highest BCUT2D eigenvalue weighted by Gasteiger charge is 2.21. The highest BCUT2D eigenvalue weighted by atomic mass is 19.2. The largest absolute Gasteiger partial charge is 0.436 e. The normalized spacial score (nSPS) is 14.5. The van der Waals surface area contributed by atoms with Crippen LogP contribution in [-0.2, 0) is 9.68 Å². The molecule has 0 unspecified atom stereocenters. The van der Waals surface area contributed by atoms with Crippen molar-refractivity contribution in [1.29, 1.82) is 0 Å². The van der Waals surface area contributed by atoms with Crippen LogP contribution in [0.15, 0.2) is 40.7 Å². The lowest BCUT2D eigenvalue weighted by Crippen LogP contribution is -2.37. The van der Waals surface area contributed by atoms with Gasteiger partial charge in [-0.05, 0) is 12.1 Å². The Kier molecular flexibility index (Phi) is 5.09. The summed E-state index contributed by atoms with van der Waals surface area (Å²) in [5.74, 6) is -2.66. The number of hydrogen-bond acceptors (Lipinski definition) is 8. The molecule has 2 aromatic rings. The molecule has 2 heterocycles. The van der Waals surface area contributed by atoms with Crippen molar-refractivity contribution < 1.29 is 23.2 Å². The number of para-hydroxylation sites is 1. The zero-order valence-corrected chi connectivity index (χ0v) is 13.1. The minimum Gasteiger partial charge on any atom is -0.436 e. The second-order valence-electron chi connectivity index (χ2n) is 4.69. The molecule has 0 saturated carbocycles. The van der Waals surface area contributed by atoms with Gasteiger partial charge in [0.1, 0.15) is 19.2 Å². The fourth-order valence-electron chi connectivity index (χ4n) is 2.05. The number of ether oxygens (including phenoxy) is 1. The van der Waals surface area contributed by atoms with Gasteiger partial charge >= 0.3 is 0 Å². The molecule has 1 aromatic heterocycles. The van der Waals surface area contributed by atoms with Crippen molar-refractivity contribution in [2.75, 3.05) is 20.3 Å². The second-order valence-corrected chi connectivity index (χ2v) is 4.69. The van der Waals surface area contributed by atoms with Gasteiger partial charge in [-0.2, -0.15) is 13.8 Å². The van der Waals surface area contributed by atoms with E-state index < -0.39 is 17.6 Å². The van der Waals surface area contributed by atoms with Crippen molar-refractivity contribution in [2.24, 2.45) is 10.1 Å². The summed E-state index contributed by atoms with van der Waals surface area (Å²) in [6.45, 7) is 0.840. The van der Waals surface area contributed by atoms with Gasteiger partial charge in [0.15, 0.2) is 11.5 Å². The fourth-order valence-corrected chi connectivity index (χ4v) is 2.05. The van der Waals surface area contributed by atoms with Crippen LogP contribution in [0.2, 0.25) is 0 Å². The van der Waals surface area contributed by atoms with E-state index in [1.807, 2.05) is 0 Å². The molecule has 1 aliphatic rings. The van der Waals surface area contributed by atoms with Gasteiger partial charge in [0.25, 0.3) is 11.8 Å². The molecule has 25 heavy (non-hydrogen) atoms. The highest BCUT2D eigenvalue weighted by molar-refractivity contribution is 6.47. The lowest BCUT2D eigenvalue weighted by atomic mass is 10.1. The molecule has 0 fully saturated rings. The van der Waals surface area contributed by atoms with E-state index in [1.54, 1.807) is 24.3 Å². The van der Waals surface area contributed by atoms with Crippen LogP contribution < -0.4 is 10.2 Å². The van der Waals surface area contributed by atoms with Crippen LogP contribution in [-0.4, -0.2) is 41.8 Å². The summed E-state index contributed by atoms with van der Waals surface area (Å²) in [6.07, 6.45) is 0.862. The third-order valence-corrected chi connectivity index (χ3v) is 3.10.